The SMILES string of the molecule is CCOC(=O)CCNC(=O)C(c1ccc(C)c(C)c1)N(C(=O)C(Cc1ccc(O)cc1)NC(=O)OC(C)(C)C)C1CCC1. The molecule has 0 spiro atoms. The number of amides is 3. The lowest BCUT2D eigenvalue weighted by Gasteiger charge is -2.43. The van der Waals surface area contributed by atoms with Crippen molar-refractivity contribution in [2.24, 2.45) is 0 Å². The Morgan fingerprint density at radius 2 is 1.70 bits per heavy atom. The summed E-state index contributed by atoms with van der Waals surface area (Å²) in [5, 5.41) is 15.4. The predicted octanol–water partition coefficient (Wildman–Crippen LogP) is 4.64. The van der Waals surface area contributed by atoms with E-state index in [1.54, 1.807) is 44.7 Å². The van der Waals surface area contributed by atoms with E-state index in [-0.39, 0.29) is 37.8 Å². The van der Waals surface area contributed by atoms with Gasteiger partial charge in [-0.15, -0.1) is 0 Å². The number of nitrogens with one attached hydrogen (secondary N) is 2. The molecule has 2 aromatic carbocycles. The summed E-state index contributed by atoms with van der Waals surface area (Å²) in [5.74, 6) is -1.19. The number of alkyl carbamates (subject to hydrolysis) is 1. The topological polar surface area (TPSA) is 134 Å². The van der Waals surface area contributed by atoms with E-state index in [2.05, 4.69) is 10.6 Å². The molecular weight excluding hydrogens is 550 g/mol. The predicted molar refractivity (Wildman–Crippen MR) is 162 cm³/mol. The van der Waals surface area contributed by atoms with E-state index in [0.717, 1.165) is 17.5 Å². The number of benzene rings is 2. The number of carbonyl (C=O) groups is 4. The van der Waals surface area contributed by atoms with E-state index in [4.69, 9.17) is 9.47 Å². The van der Waals surface area contributed by atoms with Gasteiger partial charge in [0.1, 0.15) is 23.4 Å². The molecule has 3 rings (SSSR count). The minimum absolute atomic E-state index is 0.000275. The average Bonchev–Trinajstić information content (AvgIpc) is 2.89. The van der Waals surface area contributed by atoms with Gasteiger partial charge < -0.3 is 30.1 Å². The molecule has 10 heteroatoms. The van der Waals surface area contributed by atoms with Gasteiger partial charge in [0, 0.05) is 19.0 Å². The molecule has 0 saturated heterocycles. The lowest BCUT2D eigenvalue weighted by molar-refractivity contribution is -0.148. The summed E-state index contributed by atoms with van der Waals surface area (Å²) in [5.41, 5.74) is 2.57. The van der Waals surface area contributed by atoms with Crippen molar-refractivity contribution in [3.8, 4) is 5.75 Å². The van der Waals surface area contributed by atoms with Crippen molar-refractivity contribution in [3.63, 3.8) is 0 Å². The second-order valence-electron chi connectivity index (χ2n) is 12.0. The smallest absolute Gasteiger partial charge is 0.408 e. The average molecular weight is 596 g/mol. The molecule has 3 N–H and O–H groups in total. The van der Waals surface area contributed by atoms with Crippen molar-refractivity contribution in [1.29, 1.82) is 0 Å². The van der Waals surface area contributed by atoms with Crippen LogP contribution in [0.25, 0.3) is 0 Å². The highest BCUT2D eigenvalue weighted by molar-refractivity contribution is 5.92. The van der Waals surface area contributed by atoms with Crippen molar-refractivity contribution in [2.45, 2.75) is 97.4 Å². The molecule has 0 radical (unpaired) electrons. The van der Waals surface area contributed by atoms with E-state index >= 15 is 0 Å². The monoisotopic (exact) mass is 595 g/mol. The van der Waals surface area contributed by atoms with Crippen molar-refractivity contribution in [1.82, 2.24) is 15.5 Å². The molecular formula is C33H45N3O7. The first-order valence-electron chi connectivity index (χ1n) is 14.9. The van der Waals surface area contributed by atoms with E-state index in [0.29, 0.717) is 24.0 Å². The zero-order valence-electron chi connectivity index (χ0n) is 26.1. The Morgan fingerprint density at radius 1 is 1.02 bits per heavy atom. The molecule has 2 unspecified atom stereocenters. The lowest BCUT2D eigenvalue weighted by Crippen LogP contribution is -2.58. The molecule has 1 aliphatic carbocycles. The summed E-state index contributed by atoms with van der Waals surface area (Å²) in [6.07, 6.45) is 1.69. The van der Waals surface area contributed by atoms with Crippen LogP contribution >= 0.6 is 0 Å². The molecule has 3 amide bonds. The third kappa shape index (κ3) is 9.73. The molecule has 1 fully saturated rings. The highest BCUT2D eigenvalue weighted by Crippen LogP contribution is 2.34. The van der Waals surface area contributed by atoms with Gasteiger partial charge in [0.2, 0.25) is 11.8 Å². The minimum Gasteiger partial charge on any atom is -0.508 e. The molecule has 0 aliphatic heterocycles. The third-order valence-electron chi connectivity index (χ3n) is 7.39. The number of carbonyl (C=O) groups excluding carboxylic acids is 4. The number of phenolic OH excluding ortho intramolecular Hbond substituents is 1. The Morgan fingerprint density at radius 3 is 2.26 bits per heavy atom. The summed E-state index contributed by atoms with van der Waals surface area (Å²) in [6.45, 7) is 11.1. The third-order valence-corrected chi connectivity index (χ3v) is 7.39. The summed E-state index contributed by atoms with van der Waals surface area (Å²) in [4.78, 5) is 54.9. The fraction of sp³-hybridized carbons (Fsp3) is 0.515. The number of aromatic hydroxyl groups is 1. The number of aryl methyl sites for hydroxylation is 2. The van der Waals surface area contributed by atoms with Crippen LogP contribution in [0.2, 0.25) is 0 Å². The summed E-state index contributed by atoms with van der Waals surface area (Å²) >= 11 is 0. The highest BCUT2D eigenvalue weighted by atomic mass is 16.6. The molecule has 2 atom stereocenters. The molecule has 10 nitrogen and oxygen atoms in total. The molecule has 0 heterocycles. The fourth-order valence-electron chi connectivity index (χ4n) is 4.87. The van der Waals surface area contributed by atoms with Gasteiger partial charge in [-0.2, -0.15) is 0 Å². The fourth-order valence-corrected chi connectivity index (χ4v) is 4.87. The van der Waals surface area contributed by atoms with Gasteiger partial charge in [0.05, 0.1) is 13.0 Å². The van der Waals surface area contributed by atoms with Crippen LogP contribution in [0.15, 0.2) is 42.5 Å². The Hall–Kier alpha value is -4.08. The zero-order valence-corrected chi connectivity index (χ0v) is 26.1. The Bertz CT molecular complexity index is 1280. The van der Waals surface area contributed by atoms with Gasteiger partial charge in [-0.25, -0.2) is 4.79 Å². The standard InChI is InChI=1S/C33H45N3O7/c1-7-42-28(38)17-18-34-30(39)29(24-14-11-21(2)22(3)19-24)36(25-9-8-10-25)31(40)27(35-32(41)43-33(4,5)6)20-23-12-15-26(37)16-13-23/h11-16,19,25,27,29,37H,7-10,17-18,20H2,1-6H3,(H,34,39)(H,35,41). The second kappa shape index (κ2) is 14.9. The van der Waals surface area contributed by atoms with Crippen molar-refractivity contribution in [2.75, 3.05) is 13.2 Å². The summed E-state index contributed by atoms with van der Waals surface area (Å²) in [7, 11) is 0. The number of esters is 1. The van der Waals surface area contributed by atoms with Crippen LogP contribution in [0.5, 0.6) is 5.75 Å². The van der Waals surface area contributed by atoms with E-state index in [1.807, 2.05) is 32.0 Å². The first kappa shape index (κ1) is 33.4. The number of hydrogen-bond acceptors (Lipinski definition) is 7. The first-order chi connectivity index (χ1) is 20.3. The van der Waals surface area contributed by atoms with Gasteiger partial charge in [-0.3, -0.25) is 14.4 Å². The molecule has 0 aromatic heterocycles. The maximum Gasteiger partial charge on any atom is 0.408 e. The van der Waals surface area contributed by atoms with E-state index in [9.17, 15) is 24.3 Å². The Kier molecular flexibility index (Phi) is 11.6. The summed E-state index contributed by atoms with van der Waals surface area (Å²) in [6, 6.07) is 9.78. The van der Waals surface area contributed by atoms with Crippen LogP contribution in [-0.4, -0.2) is 64.7 Å². The molecule has 1 aliphatic rings. The van der Waals surface area contributed by atoms with Crippen LogP contribution in [-0.2, 0) is 30.3 Å². The van der Waals surface area contributed by atoms with Gasteiger partial charge in [-0.1, -0.05) is 30.3 Å². The number of nitrogens with zero attached hydrogens (tertiary/aromatic N) is 1. The van der Waals surface area contributed by atoms with Gasteiger partial charge in [0.25, 0.3) is 0 Å². The molecule has 1 saturated carbocycles. The molecule has 2 aromatic rings. The van der Waals surface area contributed by atoms with Crippen LogP contribution in [0.1, 0.15) is 81.7 Å². The van der Waals surface area contributed by atoms with Gasteiger partial charge in [-0.05, 0) is 95.2 Å². The number of ether oxygens (including phenoxy) is 2. The highest BCUT2D eigenvalue weighted by Gasteiger charge is 2.42. The Balaban J connectivity index is 2.01. The van der Waals surface area contributed by atoms with Crippen LogP contribution < -0.4 is 10.6 Å². The summed E-state index contributed by atoms with van der Waals surface area (Å²) < 4.78 is 10.5. The number of hydrogen-bond donors (Lipinski definition) is 3. The first-order valence-corrected chi connectivity index (χ1v) is 14.9. The van der Waals surface area contributed by atoms with E-state index < -0.39 is 41.6 Å². The largest absolute Gasteiger partial charge is 0.508 e. The van der Waals surface area contributed by atoms with Crippen LogP contribution in [0.3, 0.4) is 0 Å². The van der Waals surface area contributed by atoms with Crippen LogP contribution in [0.4, 0.5) is 4.79 Å². The van der Waals surface area contributed by atoms with Crippen molar-refractivity contribution >= 4 is 23.9 Å². The normalized spacial score (nSPS) is 14.6. The lowest BCUT2D eigenvalue weighted by atomic mass is 9.87. The maximum absolute atomic E-state index is 14.5. The van der Waals surface area contributed by atoms with Gasteiger partial charge >= 0.3 is 12.1 Å². The van der Waals surface area contributed by atoms with E-state index in [1.165, 1.54) is 12.1 Å². The zero-order chi connectivity index (χ0) is 31.7. The minimum atomic E-state index is -1.05. The maximum atomic E-state index is 14.5. The molecule has 43 heavy (non-hydrogen) atoms. The van der Waals surface area contributed by atoms with Crippen molar-refractivity contribution in [3.05, 3.63) is 64.7 Å². The number of phenols is 1. The van der Waals surface area contributed by atoms with Crippen LogP contribution in [0, 0.1) is 13.8 Å². The molecule has 0 bridgehead atoms. The quantitative estimate of drug-likeness (QED) is 0.305. The van der Waals surface area contributed by atoms with Gasteiger partial charge in [0.15, 0.2) is 0 Å². The Labute approximate surface area is 254 Å². The van der Waals surface area contributed by atoms with Crippen molar-refractivity contribution < 1.29 is 33.8 Å². The number of rotatable bonds is 12. The second-order valence-corrected chi connectivity index (χ2v) is 12.0. The molecule has 234 valence electrons.